The van der Waals surface area contributed by atoms with Crippen LogP contribution in [0.3, 0.4) is 0 Å². The van der Waals surface area contributed by atoms with Gasteiger partial charge in [0.1, 0.15) is 6.10 Å². The van der Waals surface area contributed by atoms with Gasteiger partial charge in [-0.15, -0.1) is 0 Å². The summed E-state index contributed by atoms with van der Waals surface area (Å²) in [4.78, 5) is 34.5. The molecule has 2 heterocycles. The Morgan fingerprint density at radius 3 is 2.55 bits per heavy atom. The number of unbranched alkanes of at least 4 members (excludes halogenated alkanes) is 1. The third kappa shape index (κ3) is 9.60. The predicted octanol–water partition coefficient (Wildman–Crippen LogP) is -1.70. The highest BCUT2D eigenvalue weighted by Crippen LogP contribution is 2.33. The number of thioether (sulfide) groups is 1. The van der Waals surface area contributed by atoms with Gasteiger partial charge < -0.3 is 41.6 Å². The van der Waals surface area contributed by atoms with Crippen LogP contribution in [-0.2, 0) is 19.1 Å². The van der Waals surface area contributed by atoms with E-state index in [0.29, 0.717) is 44.6 Å². The second-order valence-corrected chi connectivity index (χ2v) is 8.76. The van der Waals surface area contributed by atoms with Crippen molar-refractivity contribution in [1.82, 2.24) is 21.3 Å². The standard InChI is InChI=1S/C19H35N5O6S/c20-11-14(25)18(27)22-6-8-30-10-9-29-7-5-21-16(26)4-2-1-3-15-17-13(12-31-15)23-19(28)24-17/h13-15,17,25H,1-12,20H2,(H,21,26)(H,22,27)(H2,23,24,28)/t13-,14+,15-,17-/m0/s1. The van der Waals surface area contributed by atoms with Crippen LogP contribution in [0, 0.1) is 0 Å². The van der Waals surface area contributed by atoms with Crippen molar-refractivity contribution >= 4 is 29.6 Å². The first-order valence-electron chi connectivity index (χ1n) is 10.8. The van der Waals surface area contributed by atoms with Gasteiger partial charge in [-0.25, -0.2) is 4.79 Å². The average Bonchev–Trinajstić information content (AvgIpc) is 3.30. The number of nitrogens with one attached hydrogen (secondary N) is 4. The molecule has 0 aliphatic carbocycles. The topological polar surface area (TPSA) is 164 Å². The lowest BCUT2D eigenvalue weighted by Gasteiger charge is -2.16. The third-order valence-electron chi connectivity index (χ3n) is 5.09. The van der Waals surface area contributed by atoms with Crippen molar-refractivity contribution in [1.29, 1.82) is 0 Å². The van der Waals surface area contributed by atoms with Crippen molar-refractivity contribution in [2.24, 2.45) is 5.73 Å². The lowest BCUT2D eigenvalue weighted by atomic mass is 10.0. The normalized spacial score (nSPS) is 23.0. The van der Waals surface area contributed by atoms with Crippen molar-refractivity contribution < 1.29 is 29.0 Å². The van der Waals surface area contributed by atoms with Gasteiger partial charge >= 0.3 is 6.03 Å². The van der Waals surface area contributed by atoms with Crippen LogP contribution in [0.15, 0.2) is 0 Å². The Labute approximate surface area is 186 Å². The summed E-state index contributed by atoms with van der Waals surface area (Å²) >= 11 is 1.89. The number of amides is 4. The zero-order chi connectivity index (χ0) is 22.5. The van der Waals surface area contributed by atoms with E-state index in [-0.39, 0.29) is 37.1 Å². The summed E-state index contributed by atoms with van der Waals surface area (Å²) in [6.07, 6.45) is 2.09. The van der Waals surface area contributed by atoms with E-state index in [9.17, 15) is 19.5 Å². The molecule has 0 spiro atoms. The number of aliphatic hydroxyl groups excluding tert-OH is 1. The number of hydrogen-bond donors (Lipinski definition) is 6. The van der Waals surface area contributed by atoms with Gasteiger partial charge in [-0.2, -0.15) is 11.8 Å². The smallest absolute Gasteiger partial charge is 0.315 e. The highest BCUT2D eigenvalue weighted by Gasteiger charge is 2.42. The molecule has 0 radical (unpaired) electrons. The minimum absolute atomic E-state index is 0.0167. The number of urea groups is 1. The monoisotopic (exact) mass is 461 g/mol. The molecule has 0 unspecified atom stereocenters. The maximum atomic E-state index is 11.9. The van der Waals surface area contributed by atoms with Gasteiger partial charge in [-0.05, 0) is 12.8 Å². The molecule has 4 atom stereocenters. The highest BCUT2D eigenvalue weighted by molar-refractivity contribution is 8.00. The number of hydrogen-bond acceptors (Lipinski definition) is 8. The molecule has 12 heteroatoms. The van der Waals surface area contributed by atoms with Gasteiger partial charge in [0.15, 0.2) is 0 Å². The van der Waals surface area contributed by atoms with Crippen LogP contribution in [0.25, 0.3) is 0 Å². The van der Waals surface area contributed by atoms with Crippen molar-refractivity contribution in [2.45, 2.75) is 49.1 Å². The fourth-order valence-electron chi connectivity index (χ4n) is 3.42. The van der Waals surface area contributed by atoms with Crippen molar-refractivity contribution in [3.8, 4) is 0 Å². The molecule has 2 aliphatic rings. The number of fused-ring (bicyclic) bond motifs is 1. The molecule has 0 aromatic heterocycles. The van der Waals surface area contributed by atoms with Crippen LogP contribution < -0.4 is 27.0 Å². The molecule has 0 aromatic rings. The quantitative estimate of drug-likeness (QED) is 0.117. The molecule has 31 heavy (non-hydrogen) atoms. The predicted molar refractivity (Wildman–Crippen MR) is 117 cm³/mol. The summed E-state index contributed by atoms with van der Waals surface area (Å²) in [6.45, 7) is 2.11. The largest absolute Gasteiger partial charge is 0.382 e. The fraction of sp³-hybridized carbons (Fsp3) is 0.842. The van der Waals surface area contributed by atoms with Crippen LogP contribution in [0.4, 0.5) is 4.79 Å². The first kappa shape index (κ1) is 25.7. The first-order chi connectivity index (χ1) is 15.0. The maximum absolute atomic E-state index is 11.9. The summed E-state index contributed by atoms with van der Waals surface area (Å²) in [5.74, 6) is 0.460. The molecular formula is C19H35N5O6S. The molecule has 2 fully saturated rings. The van der Waals surface area contributed by atoms with Crippen molar-refractivity contribution in [2.75, 3.05) is 51.8 Å². The van der Waals surface area contributed by atoms with Crippen molar-refractivity contribution in [3.05, 3.63) is 0 Å². The molecular weight excluding hydrogens is 426 g/mol. The Kier molecular flexibility index (Phi) is 12.0. The van der Waals surface area contributed by atoms with Crippen LogP contribution >= 0.6 is 11.8 Å². The minimum Gasteiger partial charge on any atom is -0.382 e. The fourth-order valence-corrected chi connectivity index (χ4v) is 4.96. The number of nitrogens with two attached hydrogens (primary N) is 1. The Bertz CT molecular complexity index is 584. The molecule has 7 N–H and O–H groups in total. The Balaban J connectivity index is 1.34. The van der Waals surface area contributed by atoms with Gasteiger partial charge in [-0.1, -0.05) is 6.42 Å². The van der Waals surface area contributed by atoms with Crippen LogP contribution in [0.5, 0.6) is 0 Å². The Morgan fingerprint density at radius 1 is 1.13 bits per heavy atom. The Hall–Kier alpha value is -1.60. The van der Waals surface area contributed by atoms with Crippen LogP contribution in [-0.4, -0.2) is 98.2 Å². The molecule has 0 saturated carbocycles. The van der Waals surface area contributed by atoms with E-state index in [1.807, 2.05) is 11.8 Å². The molecule has 4 amide bonds. The number of carbonyl (C=O) groups excluding carboxylic acids is 3. The van der Waals surface area contributed by atoms with Gasteiger partial charge in [0, 0.05) is 37.1 Å². The number of ether oxygens (including phenoxy) is 2. The van der Waals surface area contributed by atoms with E-state index in [1.165, 1.54) is 0 Å². The van der Waals surface area contributed by atoms with Crippen LogP contribution in [0.2, 0.25) is 0 Å². The van der Waals surface area contributed by atoms with E-state index in [0.717, 1.165) is 25.0 Å². The minimum atomic E-state index is -1.19. The maximum Gasteiger partial charge on any atom is 0.315 e. The third-order valence-corrected chi connectivity index (χ3v) is 6.60. The zero-order valence-corrected chi connectivity index (χ0v) is 18.6. The van der Waals surface area contributed by atoms with Gasteiger partial charge in [0.25, 0.3) is 0 Å². The molecule has 2 saturated heterocycles. The summed E-state index contributed by atoms with van der Waals surface area (Å²) in [6, 6.07) is 0.392. The molecule has 2 rings (SSSR count). The van der Waals surface area contributed by atoms with Gasteiger partial charge in [0.05, 0.1) is 38.5 Å². The van der Waals surface area contributed by atoms with Gasteiger partial charge in [-0.3, -0.25) is 9.59 Å². The van der Waals surface area contributed by atoms with Gasteiger partial charge in [0.2, 0.25) is 11.8 Å². The van der Waals surface area contributed by atoms with E-state index >= 15 is 0 Å². The lowest BCUT2D eigenvalue weighted by molar-refractivity contribution is -0.129. The first-order valence-corrected chi connectivity index (χ1v) is 11.8. The number of carbonyl (C=O) groups is 3. The Morgan fingerprint density at radius 2 is 1.84 bits per heavy atom. The number of aliphatic hydroxyl groups is 1. The molecule has 2 aliphatic heterocycles. The lowest BCUT2D eigenvalue weighted by Crippen LogP contribution is -2.40. The van der Waals surface area contributed by atoms with E-state index in [1.54, 1.807) is 0 Å². The van der Waals surface area contributed by atoms with E-state index < -0.39 is 12.0 Å². The molecule has 0 aromatic carbocycles. The summed E-state index contributed by atoms with van der Waals surface area (Å²) < 4.78 is 10.7. The second-order valence-electron chi connectivity index (χ2n) is 7.48. The van der Waals surface area contributed by atoms with Crippen molar-refractivity contribution in [3.63, 3.8) is 0 Å². The highest BCUT2D eigenvalue weighted by atomic mass is 32.2. The second kappa shape index (κ2) is 14.5. The van der Waals surface area contributed by atoms with Crippen LogP contribution in [0.1, 0.15) is 25.7 Å². The molecule has 0 bridgehead atoms. The van der Waals surface area contributed by atoms with E-state index in [4.69, 9.17) is 15.2 Å². The molecule has 11 nitrogen and oxygen atoms in total. The molecule has 178 valence electrons. The SMILES string of the molecule is NC[C@@H](O)C(=O)NCCOCCOCCNC(=O)CCCC[C@@H]1SC[C@@H]2NC(=O)N[C@@H]21. The average molecular weight is 462 g/mol. The van der Waals surface area contributed by atoms with E-state index in [2.05, 4.69) is 21.3 Å². The summed E-state index contributed by atoms with van der Waals surface area (Å²) in [5, 5.41) is 20.9. The number of rotatable bonds is 16. The summed E-state index contributed by atoms with van der Waals surface area (Å²) in [5.41, 5.74) is 5.18. The summed E-state index contributed by atoms with van der Waals surface area (Å²) in [7, 11) is 0. The zero-order valence-electron chi connectivity index (χ0n) is 17.8.